The van der Waals surface area contributed by atoms with Gasteiger partial charge in [0.1, 0.15) is 0 Å². The Morgan fingerprint density at radius 1 is 0.658 bits per heavy atom. The number of amides is 1. The molecule has 0 bridgehead atoms. The van der Waals surface area contributed by atoms with E-state index in [2.05, 4.69) is 5.32 Å². The minimum Gasteiger partial charge on any atom is -0.481 e. The van der Waals surface area contributed by atoms with Crippen LogP contribution in [0.15, 0.2) is 91.0 Å². The lowest BCUT2D eigenvalue weighted by atomic mass is 9.86. The van der Waals surface area contributed by atoms with Gasteiger partial charge in [-0.15, -0.1) is 0 Å². The largest absolute Gasteiger partial charge is 0.481 e. The molecule has 0 aliphatic carbocycles. The SMILES string of the molecule is O=C(N[C@@H](COCc1ccccc1)C(=O)O)C(CCc1ccccc1)C[C@@H](CCc1ccccc1)C(=O)O. The summed E-state index contributed by atoms with van der Waals surface area (Å²) in [5.41, 5.74) is 2.96. The Hall–Kier alpha value is -3.97. The predicted molar refractivity (Wildman–Crippen MR) is 144 cm³/mol. The van der Waals surface area contributed by atoms with Gasteiger partial charge in [-0.1, -0.05) is 91.0 Å². The molecule has 0 radical (unpaired) electrons. The van der Waals surface area contributed by atoms with E-state index in [4.69, 9.17) is 4.74 Å². The highest BCUT2D eigenvalue weighted by atomic mass is 16.5. The molecule has 0 aromatic heterocycles. The lowest BCUT2D eigenvalue weighted by molar-refractivity contribution is -0.146. The zero-order valence-electron chi connectivity index (χ0n) is 21.4. The number of carboxylic acid groups (broad SMARTS) is 2. The number of carbonyl (C=O) groups is 3. The molecule has 0 aliphatic rings. The zero-order valence-corrected chi connectivity index (χ0v) is 21.4. The Kier molecular flexibility index (Phi) is 11.5. The Labute approximate surface area is 223 Å². The summed E-state index contributed by atoms with van der Waals surface area (Å²) in [6, 6.07) is 27.4. The number of carboxylic acids is 2. The van der Waals surface area contributed by atoms with Gasteiger partial charge in [0.25, 0.3) is 0 Å². The van der Waals surface area contributed by atoms with Gasteiger partial charge in [0, 0.05) is 5.92 Å². The van der Waals surface area contributed by atoms with Crippen molar-refractivity contribution in [3.8, 4) is 0 Å². The van der Waals surface area contributed by atoms with Crippen LogP contribution in [0.4, 0.5) is 0 Å². The maximum absolute atomic E-state index is 13.3. The second kappa shape index (κ2) is 15.3. The fourth-order valence-corrected chi connectivity index (χ4v) is 4.35. The Bertz CT molecular complexity index is 1140. The second-order valence-electron chi connectivity index (χ2n) is 9.42. The summed E-state index contributed by atoms with van der Waals surface area (Å²) in [6.07, 6.45) is 2.07. The van der Waals surface area contributed by atoms with E-state index in [1.165, 1.54) is 0 Å². The van der Waals surface area contributed by atoms with Crippen LogP contribution >= 0.6 is 0 Å². The molecule has 3 N–H and O–H groups in total. The van der Waals surface area contributed by atoms with Crippen LogP contribution in [-0.2, 0) is 38.6 Å². The number of carbonyl (C=O) groups excluding carboxylic acids is 1. The van der Waals surface area contributed by atoms with Crippen molar-refractivity contribution in [3.63, 3.8) is 0 Å². The van der Waals surface area contributed by atoms with E-state index in [-0.39, 0.29) is 19.6 Å². The molecule has 7 nitrogen and oxygen atoms in total. The van der Waals surface area contributed by atoms with Gasteiger partial charge in [-0.2, -0.15) is 0 Å². The molecule has 0 saturated heterocycles. The molecule has 1 unspecified atom stereocenters. The van der Waals surface area contributed by atoms with E-state index in [0.29, 0.717) is 25.7 Å². The topological polar surface area (TPSA) is 113 Å². The molecule has 3 aromatic carbocycles. The predicted octanol–water partition coefficient (Wildman–Crippen LogP) is 4.75. The standard InChI is InChI=1S/C31H35NO6/c33-29(32-28(31(36)37)22-38-21-25-14-8-3-9-15-25)26(18-16-23-10-4-1-5-11-23)20-27(30(34)35)19-17-24-12-6-2-7-13-24/h1-15,26-28H,16-22H2,(H,32,33)(H,34,35)(H,36,37)/t26?,27-,28+/m1/s1. The van der Waals surface area contributed by atoms with Gasteiger partial charge in [0.05, 0.1) is 19.1 Å². The molecule has 3 atom stereocenters. The molecule has 7 heteroatoms. The van der Waals surface area contributed by atoms with E-state index in [1.807, 2.05) is 91.0 Å². The van der Waals surface area contributed by atoms with Gasteiger partial charge in [-0.25, -0.2) is 4.79 Å². The fourth-order valence-electron chi connectivity index (χ4n) is 4.35. The van der Waals surface area contributed by atoms with Gasteiger partial charge in [0.15, 0.2) is 6.04 Å². The molecule has 3 aromatic rings. The van der Waals surface area contributed by atoms with Crippen LogP contribution in [0.1, 0.15) is 36.0 Å². The van der Waals surface area contributed by atoms with Crippen molar-refractivity contribution < 1.29 is 29.3 Å². The van der Waals surface area contributed by atoms with Crippen molar-refractivity contribution in [2.45, 2.75) is 44.8 Å². The van der Waals surface area contributed by atoms with Crippen LogP contribution in [-0.4, -0.2) is 40.7 Å². The quantitative estimate of drug-likeness (QED) is 0.253. The second-order valence-corrected chi connectivity index (χ2v) is 9.42. The van der Waals surface area contributed by atoms with Crippen LogP contribution in [0.25, 0.3) is 0 Å². The summed E-state index contributed by atoms with van der Waals surface area (Å²) >= 11 is 0. The van der Waals surface area contributed by atoms with Crippen LogP contribution in [0.3, 0.4) is 0 Å². The number of aryl methyl sites for hydroxylation is 2. The summed E-state index contributed by atoms with van der Waals surface area (Å²) in [6.45, 7) is 0.0240. The first-order chi connectivity index (χ1) is 18.4. The summed E-state index contributed by atoms with van der Waals surface area (Å²) in [7, 11) is 0. The third kappa shape index (κ3) is 9.82. The van der Waals surface area contributed by atoms with E-state index >= 15 is 0 Å². The number of hydrogen-bond donors (Lipinski definition) is 3. The van der Waals surface area contributed by atoms with Gasteiger partial charge in [0.2, 0.25) is 5.91 Å². The van der Waals surface area contributed by atoms with Crippen molar-refractivity contribution in [3.05, 3.63) is 108 Å². The number of aliphatic carboxylic acids is 2. The van der Waals surface area contributed by atoms with Gasteiger partial charge >= 0.3 is 11.9 Å². The molecule has 0 fully saturated rings. The smallest absolute Gasteiger partial charge is 0.328 e. The zero-order chi connectivity index (χ0) is 27.2. The monoisotopic (exact) mass is 517 g/mol. The van der Waals surface area contributed by atoms with Crippen LogP contribution in [0.2, 0.25) is 0 Å². The fraction of sp³-hybridized carbons (Fsp3) is 0.323. The number of rotatable bonds is 16. The van der Waals surface area contributed by atoms with Crippen molar-refractivity contribution in [1.29, 1.82) is 0 Å². The minimum atomic E-state index is -1.24. The van der Waals surface area contributed by atoms with Crippen molar-refractivity contribution >= 4 is 17.8 Å². The summed E-state index contributed by atoms with van der Waals surface area (Å²) in [5, 5.41) is 22.2. The summed E-state index contributed by atoms with van der Waals surface area (Å²) < 4.78 is 5.57. The lowest BCUT2D eigenvalue weighted by Gasteiger charge is -2.23. The van der Waals surface area contributed by atoms with E-state index in [1.54, 1.807) is 0 Å². The Morgan fingerprint density at radius 3 is 1.61 bits per heavy atom. The molecular weight excluding hydrogens is 482 g/mol. The average molecular weight is 518 g/mol. The van der Waals surface area contributed by atoms with Gasteiger partial charge in [-0.05, 0) is 48.8 Å². The molecule has 0 spiro atoms. The molecule has 200 valence electrons. The highest BCUT2D eigenvalue weighted by Gasteiger charge is 2.30. The van der Waals surface area contributed by atoms with E-state index < -0.39 is 35.7 Å². The lowest BCUT2D eigenvalue weighted by Crippen LogP contribution is -2.47. The Morgan fingerprint density at radius 2 is 1.13 bits per heavy atom. The number of ether oxygens (including phenoxy) is 1. The van der Waals surface area contributed by atoms with Crippen molar-refractivity contribution in [1.82, 2.24) is 5.32 Å². The van der Waals surface area contributed by atoms with E-state index in [0.717, 1.165) is 16.7 Å². The molecule has 1 amide bonds. The summed E-state index contributed by atoms with van der Waals surface area (Å²) in [4.78, 5) is 37.3. The average Bonchev–Trinajstić information content (AvgIpc) is 2.93. The van der Waals surface area contributed by atoms with Crippen LogP contribution < -0.4 is 5.32 Å². The first-order valence-corrected chi connectivity index (χ1v) is 12.9. The van der Waals surface area contributed by atoms with Crippen LogP contribution in [0, 0.1) is 11.8 Å². The van der Waals surface area contributed by atoms with Crippen LogP contribution in [0.5, 0.6) is 0 Å². The molecule has 0 aliphatic heterocycles. The highest BCUT2D eigenvalue weighted by Crippen LogP contribution is 2.24. The number of hydrogen-bond acceptors (Lipinski definition) is 4. The molecular formula is C31H35NO6. The molecule has 0 heterocycles. The Balaban J connectivity index is 1.66. The maximum atomic E-state index is 13.3. The highest BCUT2D eigenvalue weighted by molar-refractivity contribution is 5.85. The molecule has 3 rings (SSSR count). The van der Waals surface area contributed by atoms with Gasteiger partial charge in [-0.3, -0.25) is 9.59 Å². The molecule has 38 heavy (non-hydrogen) atoms. The van der Waals surface area contributed by atoms with Gasteiger partial charge < -0.3 is 20.3 Å². The minimum absolute atomic E-state index is 0.123. The van der Waals surface area contributed by atoms with Crippen molar-refractivity contribution in [2.75, 3.05) is 6.61 Å². The first kappa shape index (κ1) is 28.6. The van der Waals surface area contributed by atoms with Crippen molar-refractivity contribution in [2.24, 2.45) is 11.8 Å². The third-order valence-electron chi connectivity index (χ3n) is 6.55. The van der Waals surface area contributed by atoms with E-state index in [9.17, 15) is 24.6 Å². The first-order valence-electron chi connectivity index (χ1n) is 12.9. The molecule has 0 saturated carbocycles. The number of benzene rings is 3. The normalized spacial score (nSPS) is 13.3. The summed E-state index contributed by atoms with van der Waals surface area (Å²) in [5.74, 6) is -4.03. The maximum Gasteiger partial charge on any atom is 0.328 e. The third-order valence-corrected chi connectivity index (χ3v) is 6.55. The number of nitrogens with one attached hydrogen (secondary N) is 1.